The smallest absolute Gasteiger partial charge is 0.225 e. The van der Waals surface area contributed by atoms with E-state index in [1.807, 2.05) is 68.7 Å². The van der Waals surface area contributed by atoms with Crippen LogP contribution in [0.3, 0.4) is 0 Å². The Labute approximate surface area is 205 Å². The van der Waals surface area contributed by atoms with Gasteiger partial charge in [0.25, 0.3) is 0 Å². The average molecular weight is 467 g/mol. The number of hydrogen-bond acceptors (Lipinski definition) is 5. The summed E-state index contributed by atoms with van der Waals surface area (Å²) >= 11 is 0. The summed E-state index contributed by atoms with van der Waals surface area (Å²) < 4.78 is 2.04. The van der Waals surface area contributed by atoms with Gasteiger partial charge in [0.2, 0.25) is 5.91 Å². The van der Waals surface area contributed by atoms with E-state index in [1.165, 1.54) is 0 Å². The van der Waals surface area contributed by atoms with Crippen molar-refractivity contribution in [1.29, 1.82) is 0 Å². The Bertz CT molecular complexity index is 1320. The van der Waals surface area contributed by atoms with Crippen LogP contribution in [0.5, 0.6) is 0 Å². The lowest BCUT2D eigenvalue weighted by molar-refractivity contribution is -0.134. The van der Waals surface area contributed by atoms with Crippen molar-refractivity contribution in [2.24, 2.45) is 5.92 Å². The maximum absolute atomic E-state index is 12.3. The molecule has 7 nitrogen and oxygen atoms in total. The molecule has 1 saturated carbocycles. The van der Waals surface area contributed by atoms with Gasteiger partial charge in [-0.3, -0.25) is 14.5 Å². The molecule has 1 fully saturated rings. The third kappa shape index (κ3) is 4.99. The molecule has 0 atom stereocenters. The summed E-state index contributed by atoms with van der Waals surface area (Å²) in [5.41, 5.74) is 6.15. The van der Waals surface area contributed by atoms with Crippen molar-refractivity contribution in [3.05, 3.63) is 73.1 Å². The van der Waals surface area contributed by atoms with Crippen LogP contribution in [0.15, 0.2) is 67.4 Å². The molecule has 1 amide bonds. The summed E-state index contributed by atoms with van der Waals surface area (Å²) in [4.78, 5) is 27.5. The predicted octanol–water partition coefficient (Wildman–Crippen LogP) is 5.20. The van der Waals surface area contributed by atoms with Crippen molar-refractivity contribution < 1.29 is 4.79 Å². The van der Waals surface area contributed by atoms with Crippen LogP contribution in [0, 0.1) is 12.8 Å². The zero-order valence-electron chi connectivity index (χ0n) is 20.4. The Kier molecular flexibility index (Phi) is 6.40. The van der Waals surface area contributed by atoms with Crippen molar-refractivity contribution >= 4 is 5.91 Å². The van der Waals surface area contributed by atoms with Gasteiger partial charge >= 0.3 is 0 Å². The number of rotatable bonds is 5. The van der Waals surface area contributed by atoms with E-state index in [2.05, 4.69) is 44.4 Å². The molecule has 3 aromatic heterocycles. The fourth-order valence-electron chi connectivity index (χ4n) is 4.83. The first-order valence-corrected chi connectivity index (χ1v) is 12.1. The van der Waals surface area contributed by atoms with E-state index < -0.39 is 0 Å². The van der Waals surface area contributed by atoms with E-state index >= 15 is 0 Å². The van der Waals surface area contributed by atoms with Gasteiger partial charge in [-0.25, -0.2) is 9.97 Å². The topological polar surface area (TPSA) is 76.8 Å². The molecule has 1 aliphatic rings. The molecule has 3 heterocycles. The number of aromatic nitrogens is 5. The van der Waals surface area contributed by atoms with Gasteiger partial charge in [-0.2, -0.15) is 5.10 Å². The number of aryl methyl sites for hydroxylation is 1. The summed E-state index contributed by atoms with van der Waals surface area (Å²) in [5.74, 6) is 1.07. The molecule has 5 rings (SSSR count). The highest BCUT2D eigenvalue weighted by atomic mass is 16.2. The van der Waals surface area contributed by atoms with Gasteiger partial charge in [-0.05, 0) is 61.9 Å². The Hall–Kier alpha value is -3.87. The second-order valence-corrected chi connectivity index (χ2v) is 9.51. The Morgan fingerprint density at radius 2 is 1.57 bits per heavy atom. The van der Waals surface area contributed by atoms with Crippen LogP contribution >= 0.6 is 0 Å². The lowest BCUT2D eigenvalue weighted by Crippen LogP contribution is -2.32. The largest absolute Gasteiger partial charge is 0.349 e. The lowest BCUT2D eigenvalue weighted by Gasteiger charge is -2.29. The van der Waals surface area contributed by atoms with Crippen molar-refractivity contribution in [3.8, 4) is 33.6 Å². The van der Waals surface area contributed by atoms with Crippen molar-refractivity contribution in [2.45, 2.75) is 38.6 Å². The standard InChI is InChI=1S/C28H30N6O/c1-19-13-22(11-12-29-19)21-5-4-6-23(14-21)27-30-15-24(16-31-27)25-17-32-34(18-25)26-9-7-20(8-10-26)28(35)33(2)3/h4-6,11-18,20,26H,7-10H2,1-3H3/t20-,26-. The third-order valence-corrected chi connectivity index (χ3v) is 6.80. The molecule has 4 aromatic rings. The SMILES string of the molecule is Cc1cc(-c2cccc(-c3ncc(-c4cnn([C@H]5CC[C@H](C(=O)N(C)C)CC5)c4)cn3)c2)ccn1. The first-order valence-electron chi connectivity index (χ1n) is 12.1. The highest BCUT2D eigenvalue weighted by Gasteiger charge is 2.28. The summed E-state index contributed by atoms with van der Waals surface area (Å²) in [5, 5.41) is 4.61. The van der Waals surface area contributed by atoms with Gasteiger partial charge in [0.15, 0.2) is 5.82 Å². The van der Waals surface area contributed by atoms with Crippen LogP contribution in [0.4, 0.5) is 0 Å². The summed E-state index contributed by atoms with van der Waals surface area (Å²) in [7, 11) is 3.67. The lowest BCUT2D eigenvalue weighted by atomic mass is 9.85. The maximum Gasteiger partial charge on any atom is 0.225 e. The fraction of sp³-hybridized carbons (Fsp3) is 0.321. The molecule has 0 N–H and O–H groups in total. The average Bonchev–Trinajstić information content (AvgIpc) is 3.39. The Balaban J connectivity index is 1.28. The minimum Gasteiger partial charge on any atom is -0.349 e. The molecule has 0 bridgehead atoms. The number of benzene rings is 1. The fourth-order valence-corrected chi connectivity index (χ4v) is 4.83. The van der Waals surface area contributed by atoms with Crippen LogP contribution in [0.1, 0.15) is 37.4 Å². The van der Waals surface area contributed by atoms with Crippen LogP contribution in [0.25, 0.3) is 33.6 Å². The Morgan fingerprint density at radius 3 is 2.29 bits per heavy atom. The van der Waals surface area contributed by atoms with Gasteiger partial charge in [-0.15, -0.1) is 0 Å². The Morgan fingerprint density at radius 1 is 0.857 bits per heavy atom. The minimum atomic E-state index is 0.137. The highest BCUT2D eigenvalue weighted by molar-refractivity contribution is 5.78. The molecule has 1 aliphatic carbocycles. The zero-order chi connectivity index (χ0) is 24.4. The second kappa shape index (κ2) is 9.78. The molecule has 0 radical (unpaired) electrons. The first-order chi connectivity index (χ1) is 17.0. The molecule has 0 aliphatic heterocycles. The van der Waals surface area contributed by atoms with E-state index in [1.54, 1.807) is 4.90 Å². The number of amides is 1. The molecule has 1 aromatic carbocycles. The second-order valence-electron chi connectivity index (χ2n) is 9.51. The molecule has 0 spiro atoms. The maximum atomic E-state index is 12.3. The molecular weight excluding hydrogens is 436 g/mol. The monoisotopic (exact) mass is 466 g/mol. The number of hydrogen-bond donors (Lipinski definition) is 0. The predicted molar refractivity (Wildman–Crippen MR) is 136 cm³/mol. The van der Waals surface area contributed by atoms with Crippen LogP contribution in [0.2, 0.25) is 0 Å². The third-order valence-electron chi connectivity index (χ3n) is 6.80. The van der Waals surface area contributed by atoms with Gasteiger partial charge in [0.1, 0.15) is 0 Å². The van der Waals surface area contributed by atoms with E-state index in [9.17, 15) is 4.79 Å². The quantitative estimate of drug-likeness (QED) is 0.404. The number of nitrogens with zero attached hydrogens (tertiary/aromatic N) is 6. The summed E-state index contributed by atoms with van der Waals surface area (Å²) in [6.45, 7) is 1.99. The van der Waals surface area contributed by atoms with Crippen LogP contribution in [-0.2, 0) is 4.79 Å². The highest BCUT2D eigenvalue weighted by Crippen LogP contribution is 2.33. The molecular formula is C28H30N6O. The number of carbonyl (C=O) groups is 1. The van der Waals surface area contributed by atoms with E-state index in [0.29, 0.717) is 11.9 Å². The van der Waals surface area contributed by atoms with E-state index in [-0.39, 0.29) is 11.8 Å². The first kappa shape index (κ1) is 22.9. The van der Waals surface area contributed by atoms with E-state index in [4.69, 9.17) is 0 Å². The molecule has 0 saturated heterocycles. The van der Waals surface area contributed by atoms with Crippen LogP contribution < -0.4 is 0 Å². The molecule has 35 heavy (non-hydrogen) atoms. The minimum absolute atomic E-state index is 0.137. The van der Waals surface area contributed by atoms with Crippen molar-refractivity contribution in [1.82, 2.24) is 29.6 Å². The molecule has 0 unspecified atom stereocenters. The van der Waals surface area contributed by atoms with Gasteiger partial charge in [-0.1, -0.05) is 18.2 Å². The van der Waals surface area contributed by atoms with Crippen molar-refractivity contribution in [3.63, 3.8) is 0 Å². The van der Waals surface area contributed by atoms with Gasteiger partial charge < -0.3 is 4.90 Å². The molecule has 178 valence electrons. The van der Waals surface area contributed by atoms with Crippen molar-refractivity contribution in [2.75, 3.05) is 14.1 Å². The number of carbonyl (C=O) groups excluding carboxylic acids is 1. The van der Waals surface area contributed by atoms with Gasteiger partial charge in [0, 0.05) is 67.2 Å². The molecule has 7 heteroatoms. The van der Waals surface area contributed by atoms with E-state index in [0.717, 1.165) is 59.2 Å². The van der Waals surface area contributed by atoms with Gasteiger partial charge in [0.05, 0.1) is 12.2 Å². The normalized spacial score (nSPS) is 17.8. The number of pyridine rings is 1. The summed E-state index contributed by atoms with van der Waals surface area (Å²) in [6, 6.07) is 12.7. The zero-order valence-corrected chi connectivity index (χ0v) is 20.4. The van der Waals surface area contributed by atoms with Crippen LogP contribution in [-0.4, -0.2) is 49.6 Å². The summed E-state index contributed by atoms with van der Waals surface area (Å²) in [6.07, 6.45) is 13.3.